The van der Waals surface area contributed by atoms with Gasteiger partial charge in [0, 0.05) is 19.6 Å². The maximum atomic E-state index is 12.1. The Labute approximate surface area is 149 Å². The van der Waals surface area contributed by atoms with E-state index < -0.39 is 5.97 Å². The van der Waals surface area contributed by atoms with Crippen LogP contribution in [0.2, 0.25) is 0 Å². The number of hydrogen-bond donors (Lipinski definition) is 2. The number of nitrogens with one attached hydrogen (secondary N) is 1. The van der Waals surface area contributed by atoms with Gasteiger partial charge in [0.1, 0.15) is 5.75 Å². The van der Waals surface area contributed by atoms with Gasteiger partial charge in [0.05, 0.1) is 12.5 Å². The average molecular weight is 348 g/mol. The maximum absolute atomic E-state index is 12.1. The molecule has 0 saturated carbocycles. The van der Waals surface area contributed by atoms with Crippen molar-refractivity contribution in [1.29, 1.82) is 0 Å². The summed E-state index contributed by atoms with van der Waals surface area (Å²) in [5, 5.41) is 11.9. The van der Waals surface area contributed by atoms with Crippen LogP contribution >= 0.6 is 0 Å². The van der Waals surface area contributed by atoms with Gasteiger partial charge in [-0.05, 0) is 42.9 Å². The minimum absolute atomic E-state index is 0.110. The first-order chi connectivity index (χ1) is 12.0. The Balaban J connectivity index is 1.68. The number of piperidine rings is 1. The number of carboxylic acid groups (broad SMARTS) is 1. The van der Waals surface area contributed by atoms with E-state index in [1.807, 2.05) is 24.3 Å². The number of benzene rings is 1. The molecule has 6 heteroatoms. The van der Waals surface area contributed by atoms with Crippen LogP contribution in [0.5, 0.6) is 5.75 Å². The van der Waals surface area contributed by atoms with E-state index in [9.17, 15) is 9.59 Å². The third-order valence-electron chi connectivity index (χ3n) is 4.33. The molecular weight excluding hydrogens is 320 g/mol. The van der Waals surface area contributed by atoms with Crippen LogP contribution in [0.25, 0.3) is 0 Å². The summed E-state index contributed by atoms with van der Waals surface area (Å²) in [5.74, 6) is 0.277. The summed E-state index contributed by atoms with van der Waals surface area (Å²) in [6.45, 7) is 6.50. The molecule has 0 bridgehead atoms. The fourth-order valence-corrected chi connectivity index (χ4v) is 2.77. The maximum Gasteiger partial charge on any atom is 0.317 e. The quantitative estimate of drug-likeness (QED) is 0.794. The van der Waals surface area contributed by atoms with E-state index in [0.717, 1.165) is 17.7 Å². The molecule has 0 aliphatic carbocycles. The first-order valence-electron chi connectivity index (χ1n) is 8.93. The summed E-state index contributed by atoms with van der Waals surface area (Å²) in [5.41, 5.74) is 1.14. The summed E-state index contributed by atoms with van der Waals surface area (Å²) < 4.78 is 5.65. The van der Waals surface area contributed by atoms with E-state index in [-0.39, 0.29) is 11.9 Å². The van der Waals surface area contributed by atoms with Crippen LogP contribution in [-0.4, -0.2) is 48.2 Å². The number of ether oxygens (including phenoxy) is 1. The molecule has 6 nitrogen and oxygen atoms in total. The number of carboxylic acids is 1. The predicted molar refractivity (Wildman–Crippen MR) is 95.8 cm³/mol. The second-order valence-electron chi connectivity index (χ2n) is 6.93. The molecule has 1 fully saturated rings. The molecule has 0 atom stereocenters. The molecular formula is C19H28N2O4. The molecule has 1 aliphatic rings. The van der Waals surface area contributed by atoms with Gasteiger partial charge in [-0.15, -0.1) is 0 Å². The summed E-state index contributed by atoms with van der Waals surface area (Å²) in [4.78, 5) is 24.7. The summed E-state index contributed by atoms with van der Waals surface area (Å²) >= 11 is 0. The lowest BCUT2D eigenvalue weighted by Gasteiger charge is -2.30. The first kappa shape index (κ1) is 19.1. The van der Waals surface area contributed by atoms with Crippen molar-refractivity contribution in [1.82, 2.24) is 10.2 Å². The smallest absolute Gasteiger partial charge is 0.317 e. The zero-order valence-corrected chi connectivity index (χ0v) is 15.0. The fourth-order valence-electron chi connectivity index (χ4n) is 2.77. The predicted octanol–water partition coefficient (Wildman–Crippen LogP) is 2.77. The van der Waals surface area contributed by atoms with E-state index in [0.29, 0.717) is 45.0 Å². The van der Waals surface area contributed by atoms with E-state index in [2.05, 4.69) is 19.2 Å². The molecule has 1 aliphatic heterocycles. The number of rotatable bonds is 7. The van der Waals surface area contributed by atoms with Crippen LogP contribution < -0.4 is 10.1 Å². The third-order valence-corrected chi connectivity index (χ3v) is 4.33. The molecule has 0 radical (unpaired) electrons. The number of urea groups is 1. The second kappa shape index (κ2) is 9.30. The number of likely N-dealkylation sites (tertiary alicyclic amines) is 1. The van der Waals surface area contributed by atoms with Crippen LogP contribution in [-0.2, 0) is 11.2 Å². The molecule has 1 saturated heterocycles. The van der Waals surface area contributed by atoms with Crippen LogP contribution in [0.15, 0.2) is 24.3 Å². The van der Waals surface area contributed by atoms with Crippen LogP contribution in [0, 0.1) is 11.8 Å². The Morgan fingerprint density at radius 3 is 2.44 bits per heavy atom. The Morgan fingerprint density at radius 1 is 1.24 bits per heavy atom. The van der Waals surface area contributed by atoms with Gasteiger partial charge < -0.3 is 20.1 Å². The molecule has 25 heavy (non-hydrogen) atoms. The molecule has 2 amide bonds. The van der Waals surface area contributed by atoms with Gasteiger partial charge in [0.15, 0.2) is 0 Å². The fraction of sp³-hybridized carbons (Fsp3) is 0.579. The normalized spacial score (nSPS) is 15.2. The number of amides is 2. The monoisotopic (exact) mass is 348 g/mol. The zero-order chi connectivity index (χ0) is 18.2. The summed E-state index contributed by atoms with van der Waals surface area (Å²) in [7, 11) is 0. The van der Waals surface area contributed by atoms with Gasteiger partial charge in [-0.2, -0.15) is 0 Å². The molecule has 0 spiro atoms. The standard InChI is InChI=1S/C19H28N2O4/c1-14(2)13-25-17-5-3-15(4-6-17)7-10-20-19(24)21-11-8-16(9-12-21)18(22)23/h3-6,14,16H,7-13H2,1-2H3,(H,20,24)(H,22,23). The number of nitrogens with zero attached hydrogens (tertiary/aromatic N) is 1. The highest BCUT2D eigenvalue weighted by atomic mass is 16.5. The van der Waals surface area contributed by atoms with Crippen molar-refractivity contribution in [2.75, 3.05) is 26.2 Å². The number of aliphatic carboxylic acids is 1. The number of hydrogen-bond acceptors (Lipinski definition) is 3. The average Bonchev–Trinajstić information content (AvgIpc) is 2.61. The summed E-state index contributed by atoms with van der Waals surface area (Å²) in [6.07, 6.45) is 1.81. The van der Waals surface area contributed by atoms with Gasteiger partial charge in [0.25, 0.3) is 0 Å². The Hall–Kier alpha value is -2.24. The Morgan fingerprint density at radius 2 is 1.88 bits per heavy atom. The Kier molecular flexibility index (Phi) is 7.10. The third kappa shape index (κ3) is 6.29. The first-order valence-corrected chi connectivity index (χ1v) is 8.93. The molecule has 1 heterocycles. The molecule has 2 rings (SSSR count). The highest BCUT2D eigenvalue weighted by Gasteiger charge is 2.26. The SMILES string of the molecule is CC(C)COc1ccc(CCNC(=O)N2CCC(C(=O)O)CC2)cc1. The van der Waals surface area contributed by atoms with Gasteiger partial charge in [-0.25, -0.2) is 4.79 Å². The van der Waals surface area contributed by atoms with Crippen molar-refractivity contribution in [2.45, 2.75) is 33.1 Å². The second-order valence-corrected chi connectivity index (χ2v) is 6.93. The van der Waals surface area contributed by atoms with E-state index in [1.54, 1.807) is 4.90 Å². The molecule has 2 N–H and O–H groups in total. The van der Waals surface area contributed by atoms with Crippen molar-refractivity contribution in [3.8, 4) is 5.75 Å². The van der Waals surface area contributed by atoms with Crippen LogP contribution in [0.1, 0.15) is 32.3 Å². The summed E-state index contributed by atoms with van der Waals surface area (Å²) in [6, 6.07) is 7.83. The molecule has 0 unspecified atom stereocenters. The van der Waals surface area contributed by atoms with Crippen LogP contribution in [0.3, 0.4) is 0 Å². The molecule has 1 aromatic rings. The topological polar surface area (TPSA) is 78.9 Å². The molecule has 0 aromatic heterocycles. The highest BCUT2D eigenvalue weighted by molar-refractivity contribution is 5.75. The van der Waals surface area contributed by atoms with Gasteiger partial charge in [-0.1, -0.05) is 26.0 Å². The Bertz CT molecular complexity index is 563. The van der Waals surface area contributed by atoms with E-state index >= 15 is 0 Å². The molecule has 138 valence electrons. The lowest BCUT2D eigenvalue weighted by Crippen LogP contribution is -2.45. The van der Waals surface area contributed by atoms with Crippen molar-refractivity contribution in [3.05, 3.63) is 29.8 Å². The van der Waals surface area contributed by atoms with Gasteiger partial charge in [0.2, 0.25) is 0 Å². The van der Waals surface area contributed by atoms with E-state index in [1.165, 1.54) is 0 Å². The van der Waals surface area contributed by atoms with Crippen LogP contribution in [0.4, 0.5) is 4.79 Å². The minimum atomic E-state index is -0.763. The van der Waals surface area contributed by atoms with Crippen molar-refractivity contribution in [2.24, 2.45) is 11.8 Å². The minimum Gasteiger partial charge on any atom is -0.493 e. The zero-order valence-electron chi connectivity index (χ0n) is 15.0. The highest BCUT2D eigenvalue weighted by Crippen LogP contribution is 2.17. The number of carbonyl (C=O) groups is 2. The number of carbonyl (C=O) groups excluding carboxylic acids is 1. The van der Waals surface area contributed by atoms with Gasteiger partial charge in [-0.3, -0.25) is 4.79 Å². The van der Waals surface area contributed by atoms with Gasteiger partial charge >= 0.3 is 12.0 Å². The van der Waals surface area contributed by atoms with Crippen molar-refractivity contribution in [3.63, 3.8) is 0 Å². The van der Waals surface area contributed by atoms with Crippen molar-refractivity contribution < 1.29 is 19.4 Å². The largest absolute Gasteiger partial charge is 0.493 e. The molecule has 1 aromatic carbocycles. The lowest BCUT2D eigenvalue weighted by atomic mass is 9.97. The van der Waals surface area contributed by atoms with E-state index in [4.69, 9.17) is 9.84 Å². The van der Waals surface area contributed by atoms with Crippen molar-refractivity contribution >= 4 is 12.0 Å². The lowest BCUT2D eigenvalue weighted by molar-refractivity contribution is -0.143.